The van der Waals surface area contributed by atoms with Crippen molar-refractivity contribution in [1.82, 2.24) is 15.0 Å². The molecule has 1 N–H and O–H groups in total. The van der Waals surface area contributed by atoms with Gasteiger partial charge in [0, 0.05) is 18.8 Å². The summed E-state index contributed by atoms with van der Waals surface area (Å²) in [5, 5.41) is 6.72. The smallest absolute Gasteiger partial charge is 0.257 e. The fraction of sp³-hybridized carbons (Fsp3) is 0.471. The molecule has 2 heterocycles. The van der Waals surface area contributed by atoms with Gasteiger partial charge in [-0.1, -0.05) is 29.8 Å². The number of anilines is 1. The van der Waals surface area contributed by atoms with Crippen LogP contribution >= 0.6 is 0 Å². The molecule has 0 bridgehead atoms. The third kappa shape index (κ3) is 4.18. The third-order valence-corrected chi connectivity index (χ3v) is 4.01. The SMILES string of the molecule is CCN1CCOC(c2nc(CC(=O)Nc3ccc(C)cc3)no2)C1. The average Bonchev–Trinajstić information content (AvgIpc) is 3.05. The normalized spacial score (nSPS) is 18.5. The molecule has 1 aromatic heterocycles. The van der Waals surface area contributed by atoms with Crippen LogP contribution in [-0.4, -0.2) is 47.2 Å². The largest absolute Gasteiger partial charge is 0.366 e. The van der Waals surface area contributed by atoms with Gasteiger partial charge in [0.05, 0.1) is 13.0 Å². The van der Waals surface area contributed by atoms with E-state index >= 15 is 0 Å². The Morgan fingerprint density at radius 1 is 1.38 bits per heavy atom. The van der Waals surface area contributed by atoms with Crippen molar-refractivity contribution in [3.8, 4) is 0 Å². The van der Waals surface area contributed by atoms with Crippen LogP contribution in [0.3, 0.4) is 0 Å². The second-order valence-electron chi connectivity index (χ2n) is 5.89. The summed E-state index contributed by atoms with van der Waals surface area (Å²) >= 11 is 0. The van der Waals surface area contributed by atoms with Gasteiger partial charge in [-0.3, -0.25) is 9.69 Å². The molecule has 1 aliphatic heterocycles. The molecule has 0 aliphatic carbocycles. The molecule has 7 heteroatoms. The van der Waals surface area contributed by atoms with E-state index in [0.29, 0.717) is 18.3 Å². The molecule has 1 atom stereocenters. The molecule has 2 aromatic rings. The third-order valence-electron chi connectivity index (χ3n) is 4.01. The van der Waals surface area contributed by atoms with E-state index in [-0.39, 0.29) is 18.4 Å². The van der Waals surface area contributed by atoms with Crippen LogP contribution in [0.5, 0.6) is 0 Å². The summed E-state index contributed by atoms with van der Waals surface area (Å²) < 4.78 is 11.0. The summed E-state index contributed by atoms with van der Waals surface area (Å²) in [6.07, 6.45) is -0.151. The highest BCUT2D eigenvalue weighted by atomic mass is 16.5. The number of aryl methyl sites for hydroxylation is 1. The minimum atomic E-state index is -0.222. The van der Waals surface area contributed by atoms with Crippen LogP contribution in [0.25, 0.3) is 0 Å². The van der Waals surface area contributed by atoms with Crippen molar-refractivity contribution in [1.29, 1.82) is 0 Å². The fourth-order valence-corrected chi connectivity index (χ4v) is 2.59. The lowest BCUT2D eigenvalue weighted by Crippen LogP contribution is -2.38. The number of benzene rings is 1. The number of nitrogens with one attached hydrogen (secondary N) is 1. The number of nitrogens with zero attached hydrogens (tertiary/aromatic N) is 3. The summed E-state index contributed by atoms with van der Waals surface area (Å²) in [5.41, 5.74) is 1.90. The van der Waals surface area contributed by atoms with Crippen molar-refractivity contribution in [2.24, 2.45) is 0 Å². The number of carbonyl (C=O) groups excluding carboxylic acids is 1. The van der Waals surface area contributed by atoms with Crippen LogP contribution in [0.2, 0.25) is 0 Å². The van der Waals surface area contributed by atoms with E-state index in [1.54, 1.807) is 0 Å². The molecule has 0 spiro atoms. The molecule has 128 valence electrons. The summed E-state index contributed by atoms with van der Waals surface area (Å²) in [6, 6.07) is 7.62. The highest BCUT2D eigenvalue weighted by molar-refractivity contribution is 5.91. The molecular formula is C17H22N4O3. The van der Waals surface area contributed by atoms with Gasteiger partial charge in [0.15, 0.2) is 5.82 Å². The van der Waals surface area contributed by atoms with Crippen molar-refractivity contribution in [3.05, 3.63) is 41.5 Å². The van der Waals surface area contributed by atoms with Crippen molar-refractivity contribution < 1.29 is 14.1 Å². The average molecular weight is 330 g/mol. The Morgan fingerprint density at radius 2 is 2.17 bits per heavy atom. The maximum Gasteiger partial charge on any atom is 0.257 e. The summed E-state index contributed by atoms with van der Waals surface area (Å²) in [4.78, 5) is 18.7. The van der Waals surface area contributed by atoms with E-state index in [9.17, 15) is 4.79 Å². The van der Waals surface area contributed by atoms with Crippen LogP contribution in [0.1, 0.15) is 30.3 Å². The van der Waals surface area contributed by atoms with Gasteiger partial charge < -0.3 is 14.6 Å². The standard InChI is InChI=1S/C17H22N4O3/c1-3-21-8-9-23-14(11-21)17-19-15(20-24-17)10-16(22)18-13-6-4-12(2)5-7-13/h4-7,14H,3,8-11H2,1-2H3,(H,18,22). The Labute approximate surface area is 141 Å². The Bertz CT molecular complexity index is 683. The van der Waals surface area contributed by atoms with E-state index in [4.69, 9.17) is 9.26 Å². The molecule has 1 unspecified atom stereocenters. The Balaban J connectivity index is 1.57. The number of ether oxygens (including phenoxy) is 1. The first kappa shape index (κ1) is 16.6. The van der Waals surface area contributed by atoms with E-state index < -0.39 is 0 Å². The van der Waals surface area contributed by atoms with Gasteiger partial charge in [0.1, 0.15) is 6.10 Å². The molecule has 0 radical (unpaired) electrons. The van der Waals surface area contributed by atoms with Crippen LogP contribution in [0.4, 0.5) is 5.69 Å². The zero-order valence-electron chi connectivity index (χ0n) is 14.0. The second-order valence-corrected chi connectivity index (χ2v) is 5.89. The highest BCUT2D eigenvalue weighted by Gasteiger charge is 2.26. The van der Waals surface area contributed by atoms with Crippen molar-refractivity contribution in [2.75, 3.05) is 31.6 Å². The van der Waals surface area contributed by atoms with E-state index in [0.717, 1.165) is 30.9 Å². The van der Waals surface area contributed by atoms with E-state index in [1.165, 1.54) is 0 Å². The van der Waals surface area contributed by atoms with Gasteiger partial charge in [0.2, 0.25) is 5.91 Å². The second kappa shape index (κ2) is 7.55. The maximum atomic E-state index is 12.1. The van der Waals surface area contributed by atoms with Crippen LogP contribution < -0.4 is 5.32 Å². The predicted molar refractivity (Wildman–Crippen MR) is 88.6 cm³/mol. The zero-order valence-corrected chi connectivity index (χ0v) is 14.0. The summed E-state index contributed by atoms with van der Waals surface area (Å²) in [5.74, 6) is 0.629. The summed E-state index contributed by atoms with van der Waals surface area (Å²) in [6.45, 7) is 7.35. The van der Waals surface area contributed by atoms with Crippen LogP contribution in [0, 0.1) is 6.92 Å². The minimum Gasteiger partial charge on any atom is -0.366 e. The number of morpholine rings is 1. The first-order chi connectivity index (χ1) is 11.6. The molecule has 24 heavy (non-hydrogen) atoms. The number of hydrogen-bond donors (Lipinski definition) is 1. The van der Waals surface area contributed by atoms with Gasteiger partial charge in [-0.05, 0) is 25.6 Å². The van der Waals surface area contributed by atoms with Crippen LogP contribution in [0.15, 0.2) is 28.8 Å². The molecule has 1 amide bonds. The van der Waals surface area contributed by atoms with Crippen LogP contribution in [-0.2, 0) is 16.0 Å². The number of aromatic nitrogens is 2. The number of carbonyl (C=O) groups is 1. The lowest BCUT2D eigenvalue weighted by molar-refractivity contribution is -0.115. The zero-order chi connectivity index (χ0) is 16.9. The molecule has 1 saturated heterocycles. The van der Waals surface area contributed by atoms with Gasteiger partial charge >= 0.3 is 0 Å². The fourth-order valence-electron chi connectivity index (χ4n) is 2.59. The van der Waals surface area contributed by atoms with Gasteiger partial charge in [0.25, 0.3) is 5.89 Å². The highest BCUT2D eigenvalue weighted by Crippen LogP contribution is 2.20. The van der Waals surface area contributed by atoms with E-state index in [1.807, 2.05) is 31.2 Å². The van der Waals surface area contributed by atoms with Gasteiger partial charge in [-0.2, -0.15) is 4.98 Å². The first-order valence-electron chi connectivity index (χ1n) is 8.17. The number of hydrogen-bond acceptors (Lipinski definition) is 6. The molecule has 7 nitrogen and oxygen atoms in total. The Hall–Kier alpha value is -2.25. The molecule has 1 aliphatic rings. The maximum absolute atomic E-state index is 12.1. The minimum absolute atomic E-state index is 0.0710. The molecular weight excluding hydrogens is 308 g/mol. The number of amides is 1. The number of likely N-dealkylation sites (N-methyl/N-ethyl adjacent to an activating group) is 1. The van der Waals surface area contributed by atoms with Crippen molar-refractivity contribution >= 4 is 11.6 Å². The first-order valence-corrected chi connectivity index (χ1v) is 8.17. The Kier molecular flexibility index (Phi) is 5.22. The molecule has 1 fully saturated rings. The number of rotatable bonds is 5. The molecule has 1 aromatic carbocycles. The quantitative estimate of drug-likeness (QED) is 0.902. The lowest BCUT2D eigenvalue weighted by Gasteiger charge is -2.29. The molecule has 3 rings (SSSR count). The molecule has 0 saturated carbocycles. The topological polar surface area (TPSA) is 80.5 Å². The van der Waals surface area contributed by atoms with E-state index in [2.05, 4.69) is 27.3 Å². The van der Waals surface area contributed by atoms with Crippen molar-refractivity contribution in [3.63, 3.8) is 0 Å². The van der Waals surface area contributed by atoms with Gasteiger partial charge in [-0.15, -0.1) is 0 Å². The predicted octanol–water partition coefficient (Wildman–Crippen LogP) is 1.95. The van der Waals surface area contributed by atoms with Crippen molar-refractivity contribution in [2.45, 2.75) is 26.4 Å². The van der Waals surface area contributed by atoms with Gasteiger partial charge in [-0.25, -0.2) is 0 Å². The summed E-state index contributed by atoms with van der Waals surface area (Å²) in [7, 11) is 0. The monoisotopic (exact) mass is 330 g/mol. The Morgan fingerprint density at radius 3 is 2.92 bits per heavy atom. The lowest BCUT2D eigenvalue weighted by atomic mass is 10.2.